The molecule has 0 fully saturated rings. The molecule has 3 nitrogen and oxygen atoms in total. The van der Waals surface area contributed by atoms with Crippen LogP contribution in [-0.2, 0) is 9.22 Å². The molecule has 112 valence electrons. The van der Waals surface area contributed by atoms with Crippen LogP contribution in [0.25, 0.3) is 0 Å². The van der Waals surface area contributed by atoms with Crippen molar-refractivity contribution in [1.82, 2.24) is 0 Å². The van der Waals surface area contributed by atoms with E-state index in [-0.39, 0.29) is 5.04 Å². The number of carboxylic acids is 1. The highest BCUT2D eigenvalue weighted by Gasteiger charge is 2.36. The smallest absolute Gasteiger partial charge is 0.327 e. The van der Waals surface area contributed by atoms with Gasteiger partial charge in [-0.25, -0.2) is 4.79 Å². The van der Waals surface area contributed by atoms with Gasteiger partial charge in [0.25, 0.3) is 0 Å². The predicted octanol–water partition coefficient (Wildman–Crippen LogP) is 4.60. The first-order chi connectivity index (χ1) is 8.67. The highest BCUT2D eigenvalue weighted by Crippen LogP contribution is 2.36. The molecule has 4 heteroatoms. The molecule has 0 rings (SSSR count). The predicted molar refractivity (Wildman–Crippen MR) is 83.0 cm³/mol. The van der Waals surface area contributed by atoms with E-state index < -0.39 is 14.3 Å². The van der Waals surface area contributed by atoms with E-state index in [0.717, 1.165) is 38.7 Å². The second-order valence-electron chi connectivity index (χ2n) is 6.55. The van der Waals surface area contributed by atoms with Crippen molar-refractivity contribution in [3.8, 4) is 0 Å². The lowest BCUT2D eigenvalue weighted by atomic mass is 10.1. The Morgan fingerprint density at radius 3 is 2.26 bits per heavy atom. The van der Waals surface area contributed by atoms with Crippen LogP contribution in [0.15, 0.2) is 12.2 Å². The van der Waals surface area contributed by atoms with Crippen LogP contribution in [0.1, 0.15) is 52.9 Å². The monoisotopic (exact) mass is 286 g/mol. The van der Waals surface area contributed by atoms with Crippen molar-refractivity contribution in [2.75, 3.05) is 6.61 Å². The zero-order valence-corrected chi connectivity index (χ0v) is 14.2. The van der Waals surface area contributed by atoms with Gasteiger partial charge in [0.2, 0.25) is 0 Å². The minimum Gasteiger partial charge on any atom is -0.478 e. The Balaban J connectivity index is 3.54. The third-order valence-electron chi connectivity index (χ3n) is 3.79. The van der Waals surface area contributed by atoms with Crippen molar-refractivity contribution in [3.63, 3.8) is 0 Å². The van der Waals surface area contributed by atoms with Crippen LogP contribution in [0, 0.1) is 0 Å². The molecule has 0 unspecified atom stereocenters. The Morgan fingerprint density at radius 1 is 1.16 bits per heavy atom. The summed E-state index contributed by atoms with van der Waals surface area (Å²) in [6.07, 6.45) is 8.28. The zero-order chi connectivity index (χ0) is 14.9. The molecule has 0 aromatic rings. The van der Waals surface area contributed by atoms with Crippen LogP contribution in [0.2, 0.25) is 18.1 Å². The highest BCUT2D eigenvalue weighted by atomic mass is 28.4. The Bertz CT molecular complexity index is 290. The van der Waals surface area contributed by atoms with Gasteiger partial charge in [-0.2, -0.15) is 0 Å². The van der Waals surface area contributed by atoms with Gasteiger partial charge >= 0.3 is 5.97 Å². The van der Waals surface area contributed by atoms with Crippen molar-refractivity contribution in [3.05, 3.63) is 12.2 Å². The summed E-state index contributed by atoms with van der Waals surface area (Å²) in [6.45, 7) is 12.2. The molecule has 0 saturated heterocycles. The quantitative estimate of drug-likeness (QED) is 0.383. The molecule has 0 radical (unpaired) electrons. The summed E-state index contributed by atoms with van der Waals surface area (Å²) < 4.78 is 6.10. The molecule has 1 N–H and O–H groups in total. The number of aliphatic carboxylic acids is 1. The fraction of sp³-hybridized carbons (Fsp3) is 0.800. The van der Waals surface area contributed by atoms with Gasteiger partial charge in [-0.1, -0.05) is 39.7 Å². The van der Waals surface area contributed by atoms with Gasteiger partial charge < -0.3 is 9.53 Å². The van der Waals surface area contributed by atoms with Crippen LogP contribution in [0.5, 0.6) is 0 Å². The number of hydrogen-bond donors (Lipinski definition) is 1. The Kier molecular flexibility index (Phi) is 8.26. The topological polar surface area (TPSA) is 46.5 Å². The van der Waals surface area contributed by atoms with E-state index in [1.54, 1.807) is 6.08 Å². The van der Waals surface area contributed by atoms with E-state index in [0.29, 0.717) is 0 Å². The van der Waals surface area contributed by atoms with Crippen LogP contribution >= 0.6 is 0 Å². The number of allylic oxidation sites excluding steroid dienone is 1. The molecule has 0 aliphatic rings. The Hall–Kier alpha value is -0.613. The summed E-state index contributed by atoms with van der Waals surface area (Å²) in [7, 11) is -1.58. The summed E-state index contributed by atoms with van der Waals surface area (Å²) in [5, 5.41) is 8.71. The summed E-state index contributed by atoms with van der Waals surface area (Å²) in [6, 6.07) is 0. The molecular formula is C15H30O3Si. The number of carbonyl (C=O) groups is 1. The summed E-state index contributed by atoms with van der Waals surface area (Å²) in [4.78, 5) is 10.2. The van der Waals surface area contributed by atoms with Gasteiger partial charge in [0.15, 0.2) is 8.32 Å². The number of carboxylic acid groups (broad SMARTS) is 1. The van der Waals surface area contributed by atoms with Crippen LogP contribution in [0.3, 0.4) is 0 Å². The lowest BCUT2D eigenvalue weighted by Crippen LogP contribution is -2.40. The normalized spacial score (nSPS) is 13.1. The molecule has 0 spiro atoms. The van der Waals surface area contributed by atoms with Crippen molar-refractivity contribution >= 4 is 14.3 Å². The lowest BCUT2D eigenvalue weighted by Gasteiger charge is -2.36. The molecule has 0 atom stereocenters. The van der Waals surface area contributed by atoms with Crippen LogP contribution < -0.4 is 0 Å². The molecule has 0 bridgehead atoms. The van der Waals surface area contributed by atoms with Gasteiger partial charge in [0.05, 0.1) is 0 Å². The Morgan fingerprint density at radius 2 is 1.74 bits per heavy atom. The van der Waals surface area contributed by atoms with E-state index >= 15 is 0 Å². The minimum absolute atomic E-state index is 0.286. The number of hydrogen-bond acceptors (Lipinski definition) is 2. The molecule has 0 aromatic carbocycles. The van der Waals surface area contributed by atoms with E-state index in [1.807, 2.05) is 0 Å². The third kappa shape index (κ3) is 9.00. The van der Waals surface area contributed by atoms with Crippen molar-refractivity contribution in [1.29, 1.82) is 0 Å². The van der Waals surface area contributed by atoms with Gasteiger partial charge in [-0.15, -0.1) is 0 Å². The van der Waals surface area contributed by atoms with Crippen LogP contribution in [-0.4, -0.2) is 26.0 Å². The second-order valence-corrected chi connectivity index (χ2v) is 11.4. The summed E-state index contributed by atoms with van der Waals surface area (Å²) in [5.74, 6) is -0.859. The molecule has 0 aliphatic heterocycles. The van der Waals surface area contributed by atoms with E-state index in [9.17, 15) is 4.79 Å². The van der Waals surface area contributed by atoms with Gasteiger partial charge in [0.1, 0.15) is 0 Å². The second kappa shape index (κ2) is 8.54. The molecule has 0 aromatic heterocycles. The van der Waals surface area contributed by atoms with E-state index in [4.69, 9.17) is 9.53 Å². The molecule has 19 heavy (non-hydrogen) atoms. The largest absolute Gasteiger partial charge is 0.478 e. The van der Waals surface area contributed by atoms with Gasteiger partial charge in [0, 0.05) is 12.7 Å². The fourth-order valence-electron chi connectivity index (χ4n) is 1.45. The number of rotatable bonds is 9. The maximum atomic E-state index is 10.2. The Labute approximate surface area is 119 Å². The molecule has 0 amide bonds. The maximum absolute atomic E-state index is 10.2. The summed E-state index contributed by atoms with van der Waals surface area (Å²) in [5.41, 5.74) is 0. The lowest BCUT2D eigenvalue weighted by molar-refractivity contribution is -0.131. The van der Waals surface area contributed by atoms with E-state index in [2.05, 4.69) is 33.9 Å². The molecule has 0 heterocycles. The molecule has 0 aliphatic carbocycles. The average molecular weight is 286 g/mol. The first-order valence-electron chi connectivity index (χ1n) is 7.20. The van der Waals surface area contributed by atoms with Crippen molar-refractivity contribution < 1.29 is 14.3 Å². The van der Waals surface area contributed by atoms with Gasteiger partial charge in [-0.3, -0.25) is 0 Å². The molecule has 0 saturated carbocycles. The average Bonchev–Trinajstić information content (AvgIpc) is 2.24. The van der Waals surface area contributed by atoms with Crippen molar-refractivity contribution in [2.45, 2.75) is 71.0 Å². The van der Waals surface area contributed by atoms with Crippen LogP contribution in [0.4, 0.5) is 0 Å². The van der Waals surface area contributed by atoms with Crippen molar-refractivity contribution in [2.24, 2.45) is 0 Å². The first kappa shape index (κ1) is 18.4. The van der Waals surface area contributed by atoms with E-state index in [1.165, 1.54) is 6.08 Å². The highest BCUT2D eigenvalue weighted by molar-refractivity contribution is 6.74. The van der Waals surface area contributed by atoms with Gasteiger partial charge in [-0.05, 0) is 37.4 Å². The minimum atomic E-state index is -1.58. The fourth-order valence-corrected chi connectivity index (χ4v) is 2.53. The zero-order valence-electron chi connectivity index (χ0n) is 13.2. The standard InChI is InChI=1S/C15H30O3Si/c1-15(2,3)19(4,5)18-13-11-9-7-6-8-10-12-14(16)17/h10,12H,6-9,11,13H2,1-5H3,(H,16,17)/b12-10+. The SMILES string of the molecule is CC(C)(C)[Si](C)(C)OCCCCCC/C=C/C(=O)O. The summed E-state index contributed by atoms with van der Waals surface area (Å²) >= 11 is 0. The number of unbranched alkanes of at least 4 members (excludes halogenated alkanes) is 4. The third-order valence-corrected chi connectivity index (χ3v) is 8.33. The molecular weight excluding hydrogens is 256 g/mol. The maximum Gasteiger partial charge on any atom is 0.327 e. The first-order valence-corrected chi connectivity index (χ1v) is 10.1.